The topological polar surface area (TPSA) is 41.6 Å². The molecule has 2 rings (SSSR count). The van der Waals surface area contributed by atoms with E-state index in [1.807, 2.05) is 18.9 Å². The Hall–Kier alpha value is -0.770. The minimum atomic E-state index is 0.0641. The van der Waals surface area contributed by atoms with Gasteiger partial charge >= 0.3 is 6.03 Å². The molecule has 2 aliphatic rings. The third-order valence-corrected chi connectivity index (χ3v) is 3.84. The minimum absolute atomic E-state index is 0.0641. The first-order valence-corrected chi connectivity index (χ1v) is 6.33. The quantitative estimate of drug-likeness (QED) is 0.779. The number of nitrogens with zero attached hydrogens (tertiary/aromatic N) is 1. The van der Waals surface area contributed by atoms with E-state index in [9.17, 15) is 4.79 Å². The van der Waals surface area contributed by atoms with E-state index in [2.05, 4.69) is 5.32 Å². The van der Waals surface area contributed by atoms with Crippen molar-refractivity contribution in [2.45, 2.75) is 57.2 Å². The van der Waals surface area contributed by atoms with Gasteiger partial charge in [0, 0.05) is 19.7 Å². The van der Waals surface area contributed by atoms with Crippen LogP contribution in [0.5, 0.6) is 0 Å². The van der Waals surface area contributed by atoms with Crippen LogP contribution in [0, 0.1) is 0 Å². The molecule has 2 atom stereocenters. The average Bonchev–Trinajstić information content (AvgIpc) is 2.88. The SMILES string of the molecule is CC1OCCC1N(C)C(=O)NC1CCCC1. The Labute approximate surface area is 97.3 Å². The largest absolute Gasteiger partial charge is 0.376 e. The first kappa shape index (κ1) is 11.7. The Morgan fingerprint density at radius 3 is 2.56 bits per heavy atom. The van der Waals surface area contributed by atoms with Gasteiger partial charge in [0.1, 0.15) is 0 Å². The van der Waals surface area contributed by atoms with Gasteiger partial charge in [0.05, 0.1) is 12.1 Å². The van der Waals surface area contributed by atoms with Gasteiger partial charge in [-0.15, -0.1) is 0 Å². The molecule has 1 heterocycles. The minimum Gasteiger partial charge on any atom is -0.376 e. The van der Waals surface area contributed by atoms with Gasteiger partial charge in [0.2, 0.25) is 0 Å². The number of hydrogen-bond donors (Lipinski definition) is 1. The summed E-state index contributed by atoms with van der Waals surface area (Å²) in [6.45, 7) is 2.81. The van der Waals surface area contributed by atoms with Crippen molar-refractivity contribution < 1.29 is 9.53 Å². The summed E-state index contributed by atoms with van der Waals surface area (Å²) >= 11 is 0. The molecule has 2 amide bonds. The standard InChI is InChI=1S/C12H22N2O2/c1-9-11(7-8-16-9)14(2)12(15)13-10-5-3-4-6-10/h9-11H,3-8H2,1-2H3,(H,13,15). The summed E-state index contributed by atoms with van der Waals surface area (Å²) in [4.78, 5) is 13.8. The van der Waals surface area contributed by atoms with Crippen molar-refractivity contribution in [3.8, 4) is 0 Å². The molecule has 4 heteroatoms. The van der Waals surface area contributed by atoms with Gasteiger partial charge in [0.15, 0.2) is 0 Å². The third kappa shape index (κ3) is 2.48. The molecule has 1 saturated heterocycles. The smallest absolute Gasteiger partial charge is 0.317 e. The van der Waals surface area contributed by atoms with Crippen molar-refractivity contribution in [3.05, 3.63) is 0 Å². The molecular weight excluding hydrogens is 204 g/mol. The van der Waals surface area contributed by atoms with Crippen LogP contribution >= 0.6 is 0 Å². The highest BCUT2D eigenvalue weighted by atomic mass is 16.5. The van der Waals surface area contributed by atoms with E-state index in [1.165, 1.54) is 12.8 Å². The Morgan fingerprint density at radius 2 is 2.00 bits per heavy atom. The van der Waals surface area contributed by atoms with E-state index in [0.29, 0.717) is 6.04 Å². The molecule has 1 aliphatic carbocycles. The number of rotatable bonds is 2. The van der Waals surface area contributed by atoms with Crippen molar-refractivity contribution in [1.82, 2.24) is 10.2 Å². The molecule has 0 bridgehead atoms. The van der Waals surface area contributed by atoms with Gasteiger partial charge in [-0.25, -0.2) is 4.79 Å². The number of likely N-dealkylation sites (N-methyl/N-ethyl adjacent to an activating group) is 1. The van der Waals surface area contributed by atoms with Gasteiger partial charge in [-0.2, -0.15) is 0 Å². The summed E-state index contributed by atoms with van der Waals surface area (Å²) in [7, 11) is 1.88. The molecule has 1 N–H and O–H groups in total. The van der Waals surface area contributed by atoms with Crippen LogP contribution in [0.2, 0.25) is 0 Å². The Morgan fingerprint density at radius 1 is 1.31 bits per heavy atom. The zero-order chi connectivity index (χ0) is 11.5. The van der Waals surface area contributed by atoms with Crippen molar-refractivity contribution in [1.29, 1.82) is 0 Å². The van der Waals surface area contributed by atoms with E-state index in [-0.39, 0.29) is 18.2 Å². The molecule has 2 unspecified atom stereocenters. The number of amides is 2. The molecule has 0 aromatic heterocycles. The molecule has 92 valence electrons. The van der Waals surface area contributed by atoms with E-state index in [4.69, 9.17) is 4.74 Å². The van der Waals surface area contributed by atoms with Crippen LogP contribution < -0.4 is 5.32 Å². The van der Waals surface area contributed by atoms with Crippen molar-refractivity contribution in [2.24, 2.45) is 0 Å². The van der Waals surface area contributed by atoms with Gasteiger partial charge < -0.3 is 15.0 Å². The molecule has 0 aromatic rings. The number of carbonyl (C=O) groups is 1. The van der Waals surface area contributed by atoms with E-state index < -0.39 is 0 Å². The highest BCUT2D eigenvalue weighted by Crippen LogP contribution is 2.20. The molecular formula is C12H22N2O2. The number of urea groups is 1. The van der Waals surface area contributed by atoms with Crippen LogP contribution in [-0.2, 0) is 4.74 Å². The fraction of sp³-hybridized carbons (Fsp3) is 0.917. The summed E-state index contributed by atoms with van der Waals surface area (Å²) in [5.41, 5.74) is 0. The first-order valence-electron chi connectivity index (χ1n) is 6.33. The van der Waals surface area contributed by atoms with Crippen LogP contribution in [0.1, 0.15) is 39.0 Å². The lowest BCUT2D eigenvalue weighted by atomic mass is 10.1. The number of nitrogens with one attached hydrogen (secondary N) is 1. The zero-order valence-electron chi connectivity index (χ0n) is 10.2. The fourth-order valence-corrected chi connectivity index (χ4v) is 2.73. The molecule has 1 aliphatic heterocycles. The van der Waals surface area contributed by atoms with Crippen LogP contribution in [0.15, 0.2) is 0 Å². The van der Waals surface area contributed by atoms with E-state index >= 15 is 0 Å². The molecule has 0 spiro atoms. The first-order chi connectivity index (χ1) is 7.68. The number of ether oxygens (including phenoxy) is 1. The molecule has 4 nitrogen and oxygen atoms in total. The monoisotopic (exact) mass is 226 g/mol. The Balaban J connectivity index is 1.83. The third-order valence-electron chi connectivity index (χ3n) is 3.84. The lowest BCUT2D eigenvalue weighted by molar-refractivity contribution is 0.0902. The van der Waals surface area contributed by atoms with Crippen LogP contribution in [0.4, 0.5) is 4.79 Å². The maximum absolute atomic E-state index is 12.0. The number of hydrogen-bond acceptors (Lipinski definition) is 2. The van der Waals surface area contributed by atoms with E-state index in [0.717, 1.165) is 25.9 Å². The normalized spacial score (nSPS) is 30.6. The lowest BCUT2D eigenvalue weighted by Crippen LogP contribution is -2.48. The highest BCUT2D eigenvalue weighted by Gasteiger charge is 2.31. The maximum atomic E-state index is 12.0. The molecule has 16 heavy (non-hydrogen) atoms. The molecule has 2 fully saturated rings. The zero-order valence-corrected chi connectivity index (χ0v) is 10.2. The van der Waals surface area contributed by atoms with Crippen LogP contribution in [0.3, 0.4) is 0 Å². The van der Waals surface area contributed by atoms with Crippen molar-refractivity contribution >= 4 is 6.03 Å². The molecule has 1 saturated carbocycles. The van der Waals surface area contributed by atoms with Gasteiger partial charge in [0.25, 0.3) is 0 Å². The van der Waals surface area contributed by atoms with Gasteiger partial charge in [-0.3, -0.25) is 0 Å². The predicted octanol–water partition coefficient (Wildman–Crippen LogP) is 1.75. The fourth-order valence-electron chi connectivity index (χ4n) is 2.73. The maximum Gasteiger partial charge on any atom is 0.317 e. The highest BCUT2D eigenvalue weighted by molar-refractivity contribution is 5.74. The Kier molecular flexibility index (Phi) is 3.69. The predicted molar refractivity (Wildman–Crippen MR) is 62.4 cm³/mol. The summed E-state index contributed by atoms with van der Waals surface area (Å²) in [6, 6.07) is 0.697. The second kappa shape index (κ2) is 5.04. The second-order valence-electron chi connectivity index (χ2n) is 4.97. The molecule has 0 aromatic carbocycles. The molecule has 0 radical (unpaired) electrons. The van der Waals surface area contributed by atoms with Crippen LogP contribution in [-0.4, -0.2) is 42.8 Å². The Bertz CT molecular complexity index is 251. The summed E-state index contributed by atoms with van der Waals surface area (Å²) in [5.74, 6) is 0. The van der Waals surface area contributed by atoms with Crippen molar-refractivity contribution in [2.75, 3.05) is 13.7 Å². The average molecular weight is 226 g/mol. The van der Waals surface area contributed by atoms with Gasteiger partial charge in [-0.05, 0) is 26.2 Å². The number of carbonyl (C=O) groups excluding carboxylic acids is 1. The van der Waals surface area contributed by atoms with Crippen molar-refractivity contribution in [3.63, 3.8) is 0 Å². The lowest BCUT2D eigenvalue weighted by Gasteiger charge is -2.28. The van der Waals surface area contributed by atoms with Crippen LogP contribution in [0.25, 0.3) is 0 Å². The van der Waals surface area contributed by atoms with Gasteiger partial charge in [-0.1, -0.05) is 12.8 Å². The summed E-state index contributed by atoms with van der Waals surface area (Å²) in [6.07, 6.45) is 5.89. The van der Waals surface area contributed by atoms with E-state index in [1.54, 1.807) is 0 Å². The summed E-state index contributed by atoms with van der Waals surface area (Å²) < 4.78 is 5.49. The summed E-state index contributed by atoms with van der Waals surface area (Å²) in [5, 5.41) is 3.11. The second-order valence-corrected chi connectivity index (χ2v) is 4.97.